The summed E-state index contributed by atoms with van der Waals surface area (Å²) in [7, 11) is 1.58. The van der Waals surface area contributed by atoms with Gasteiger partial charge in [0.2, 0.25) is 5.91 Å². The van der Waals surface area contributed by atoms with Crippen molar-refractivity contribution < 1.29 is 14.3 Å². The van der Waals surface area contributed by atoms with E-state index >= 15 is 0 Å². The van der Waals surface area contributed by atoms with Crippen molar-refractivity contribution in [3.63, 3.8) is 0 Å². The molecule has 8 heteroatoms. The van der Waals surface area contributed by atoms with E-state index in [0.29, 0.717) is 40.6 Å². The molecule has 0 radical (unpaired) electrons. The number of anilines is 3. The van der Waals surface area contributed by atoms with E-state index in [9.17, 15) is 9.59 Å². The minimum absolute atomic E-state index is 0.00254. The maximum atomic E-state index is 12.6. The fourth-order valence-electron chi connectivity index (χ4n) is 4.33. The third-order valence-corrected chi connectivity index (χ3v) is 6.50. The molecule has 168 valence electrons. The van der Waals surface area contributed by atoms with E-state index in [0.717, 1.165) is 24.8 Å². The summed E-state index contributed by atoms with van der Waals surface area (Å²) in [6.07, 6.45) is 9.98. The number of hydrogen-bond donors (Lipinski definition) is 2. The minimum atomic E-state index is -0.0500. The number of hydrogen-bond acceptors (Lipinski definition) is 7. The molecular weight excluding hydrogens is 418 g/mol. The summed E-state index contributed by atoms with van der Waals surface area (Å²) in [5, 5.41) is 6.24. The van der Waals surface area contributed by atoms with Crippen LogP contribution < -0.4 is 15.4 Å². The van der Waals surface area contributed by atoms with Gasteiger partial charge in [0.25, 0.3) is 0 Å². The van der Waals surface area contributed by atoms with Gasteiger partial charge in [0, 0.05) is 42.6 Å². The van der Waals surface area contributed by atoms with Gasteiger partial charge in [-0.15, -0.1) is 0 Å². The number of pyridine rings is 1. The number of amides is 1. The second-order valence-electron chi connectivity index (χ2n) is 8.60. The molecule has 2 N–H and O–H groups in total. The van der Waals surface area contributed by atoms with E-state index in [4.69, 9.17) is 4.74 Å². The molecule has 1 aromatic carbocycles. The molecule has 8 nitrogen and oxygen atoms in total. The van der Waals surface area contributed by atoms with Gasteiger partial charge in [-0.1, -0.05) is 13.0 Å². The molecule has 5 rings (SSSR count). The van der Waals surface area contributed by atoms with Crippen molar-refractivity contribution in [2.24, 2.45) is 11.3 Å². The lowest BCUT2D eigenvalue weighted by molar-refractivity contribution is -0.117. The predicted molar refractivity (Wildman–Crippen MR) is 125 cm³/mol. The van der Waals surface area contributed by atoms with Crippen LogP contribution >= 0.6 is 0 Å². The highest BCUT2D eigenvalue weighted by Gasteiger charge is 2.65. The maximum absolute atomic E-state index is 12.6. The van der Waals surface area contributed by atoms with Crippen LogP contribution in [-0.2, 0) is 4.79 Å². The first-order chi connectivity index (χ1) is 16.0. The van der Waals surface area contributed by atoms with Gasteiger partial charge in [0.15, 0.2) is 11.5 Å². The van der Waals surface area contributed by atoms with E-state index in [1.807, 2.05) is 18.2 Å². The van der Waals surface area contributed by atoms with Crippen molar-refractivity contribution in [3.8, 4) is 17.0 Å². The van der Waals surface area contributed by atoms with Crippen LogP contribution in [0.2, 0.25) is 0 Å². The Hall–Kier alpha value is -3.81. The highest BCUT2D eigenvalue weighted by molar-refractivity contribution is 6.03. The van der Waals surface area contributed by atoms with Gasteiger partial charge < -0.3 is 15.4 Å². The molecule has 3 aromatic rings. The fourth-order valence-corrected chi connectivity index (χ4v) is 4.33. The quantitative estimate of drug-likeness (QED) is 0.489. The Morgan fingerprint density at radius 2 is 2.00 bits per heavy atom. The highest BCUT2D eigenvalue weighted by Crippen LogP contribution is 2.70. The Bertz CT molecular complexity index is 1220. The molecule has 2 saturated carbocycles. The van der Waals surface area contributed by atoms with Gasteiger partial charge in [0.05, 0.1) is 35.9 Å². The van der Waals surface area contributed by atoms with Gasteiger partial charge in [-0.25, -0.2) is 4.98 Å². The number of Topliss-reactive ketones (excluding diaryl/α,β-unsaturated/α-hetero) is 1. The van der Waals surface area contributed by atoms with E-state index in [-0.39, 0.29) is 23.0 Å². The number of aromatic nitrogens is 3. The van der Waals surface area contributed by atoms with Gasteiger partial charge in [0.1, 0.15) is 5.82 Å². The topological polar surface area (TPSA) is 106 Å². The molecule has 2 heterocycles. The van der Waals surface area contributed by atoms with Crippen LogP contribution in [0.25, 0.3) is 11.3 Å². The number of methoxy groups -OCH3 is 1. The second-order valence-corrected chi connectivity index (χ2v) is 8.60. The molecule has 1 atom stereocenters. The fraction of sp³-hybridized carbons (Fsp3) is 0.320. The van der Waals surface area contributed by atoms with Gasteiger partial charge in [-0.3, -0.25) is 19.6 Å². The van der Waals surface area contributed by atoms with Crippen molar-refractivity contribution in [1.82, 2.24) is 15.0 Å². The van der Waals surface area contributed by atoms with Crippen LogP contribution in [-0.4, -0.2) is 33.8 Å². The smallest absolute Gasteiger partial charge is 0.229 e. The van der Waals surface area contributed by atoms with Crippen LogP contribution in [0.5, 0.6) is 5.75 Å². The van der Waals surface area contributed by atoms with Crippen LogP contribution in [0.1, 0.15) is 43.0 Å². The summed E-state index contributed by atoms with van der Waals surface area (Å²) >= 11 is 0. The van der Waals surface area contributed by atoms with Crippen molar-refractivity contribution in [2.45, 2.75) is 32.6 Å². The number of ketones is 1. The predicted octanol–water partition coefficient (Wildman–Crippen LogP) is 4.62. The van der Waals surface area contributed by atoms with Crippen LogP contribution in [0.15, 0.2) is 49.1 Å². The van der Waals surface area contributed by atoms with E-state index in [2.05, 4.69) is 25.6 Å². The first kappa shape index (κ1) is 21.1. The lowest BCUT2D eigenvalue weighted by atomic mass is 10.1. The van der Waals surface area contributed by atoms with Crippen molar-refractivity contribution >= 4 is 28.9 Å². The van der Waals surface area contributed by atoms with Gasteiger partial charge in [-0.2, -0.15) is 0 Å². The highest BCUT2D eigenvalue weighted by atomic mass is 16.5. The Kier molecular flexibility index (Phi) is 5.28. The molecular formula is C25H25N5O3. The maximum Gasteiger partial charge on any atom is 0.229 e. The molecule has 1 spiro atoms. The average molecular weight is 444 g/mol. The number of nitrogens with zero attached hydrogens (tertiary/aromatic N) is 3. The minimum Gasteiger partial charge on any atom is -0.494 e. The SMILES string of the molecule is CCC(=O)c1cnc(NC(=O)[C@@H]2CC23CC3)cc1Nc1cccc(-c2cnccn2)c1OC. The molecule has 0 bridgehead atoms. The van der Waals surface area contributed by atoms with Crippen molar-refractivity contribution in [2.75, 3.05) is 17.7 Å². The molecule has 2 aliphatic rings. The van der Waals surface area contributed by atoms with Crippen LogP contribution in [0, 0.1) is 11.3 Å². The standard InChI is InChI=1S/C25H25N5O3/c1-3-21(31)16-13-28-22(30-24(32)17-12-25(17)7-8-25)11-19(16)29-18-6-4-5-15(23(18)33-2)20-14-26-9-10-27-20/h4-6,9-11,13-14,17H,3,7-8,12H2,1-2H3,(H2,28,29,30,32)/t17-/m0/s1. The number of para-hydroxylation sites is 1. The van der Waals surface area contributed by atoms with Crippen LogP contribution in [0.3, 0.4) is 0 Å². The Morgan fingerprint density at radius 3 is 2.67 bits per heavy atom. The summed E-state index contributed by atoms with van der Waals surface area (Å²) in [5.41, 5.74) is 3.37. The lowest BCUT2D eigenvalue weighted by Crippen LogP contribution is -2.16. The average Bonchev–Trinajstić information content (AvgIpc) is 3.77. The van der Waals surface area contributed by atoms with Crippen molar-refractivity contribution in [1.29, 1.82) is 0 Å². The van der Waals surface area contributed by atoms with Crippen molar-refractivity contribution in [3.05, 3.63) is 54.6 Å². The third kappa shape index (κ3) is 4.04. The molecule has 0 aliphatic heterocycles. The third-order valence-electron chi connectivity index (χ3n) is 6.50. The number of carbonyl (C=O) groups is 2. The largest absolute Gasteiger partial charge is 0.494 e. The van der Waals surface area contributed by atoms with E-state index in [1.54, 1.807) is 38.7 Å². The lowest BCUT2D eigenvalue weighted by Gasteiger charge is -2.17. The number of ether oxygens (including phenoxy) is 1. The zero-order valence-electron chi connectivity index (χ0n) is 18.6. The first-order valence-electron chi connectivity index (χ1n) is 11.1. The molecule has 2 aromatic heterocycles. The molecule has 33 heavy (non-hydrogen) atoms. The zero-order chi connectivity index (χ0) is 23.0. The zero-order valence-corrected chi connectivity index (χ0v) is 18.6. The summed E-state index contributed by atoms with van der Waals surface area (Å²) in [4.78, 5) is 38.0. The normalized spacial score (nSPS) is 17.3. The summed E-state index contributed by atoms with van der Waals surface area (Å²) < 4.78 is 5.69. The molecule has 0 unspecified atom stereocenters. The summed E-state index contributed by atoms with van der Waals surface area (Å²) in [6.45, 7) is 1.80. The number of nitrogens with one attached hydrogen (secondary N) is 2. The first-order valence-corrected chi connectivity index (χ1v) is 11.1. The van der Waals surface area contributed by atoms with E-state index < -0.39 is 0 Å². The number of carbonyl (C=O) groups excluding carboxylic acids is 2. The Balaban J connectivity index is 1.47. The molecule has 0 saturated heterocycles. The van der Waals surface area contributed by atoms with Gasteiger partial charge >= 0.3 is 0 Å². The monoisotopic (exact) mass is 443 g/mol. The molecule has 2 aliphatic carbocycles. The van der Waals surface area contributed by atoms with Crippen LogP contribution in [0.4, 0.5) is 17.2 Å². The second kappa shape index (κ2) is 8.27. The van der Waals surface area contributed by atoms with Gasteiger partial charge in [-0.05, 0) is 36.8 Å². The molecule has 2 fully saturated rings. The summed E-state index contributed by atoms with van der Waals surface area (Å²) in [6, 6.07) is 7.34. The number of benzene rings is 1. The van der Waals surface area contributed by atoms with E-state index in [1.165, 1.54) is 6.20 Å². The number of rotatable bonds is 8. The molecule has 1 amide bonds. The Morgan fingerprint density at radius 1 is 1.15 bits per heavy atom. The Labute approximate surface area is 191 Å². The summed E-state index contributed by atoms with van der Waals surface area (Å²) in [5.74, 6) is 1.02.